The molecule has 0 bridgehead atoms. The molecular weight excluding hydrogens is 510 g/mol. The molecule has 1 aromatic carbocycles. The van der Waals surface area contributed by atoms with Crippen molar-refractivity contribution in [3.05, 3.63) is 53.1 Å². The van der Waals surface area contributed by atoms with E-state index in [2.05, 4.69) is 16.0 Å². The van der Waals surface area contributed by atoms with E-state index in [9.17, 15) is 44.1 Å². The van der Waals surface area contributed by atoms with Crippen LogP contribution in [-0.4, -0.2) is 50.9 Å². The molecule has 6 N–H and O–H groups in total. The number of hydrogen-bond donors (Lipinski definition) is 6. The number of aliphatic carboxylic acids is 3. The summed E-state index contributed by atoms with van der Waals surface area (Å²) in [7, 11) is 0. The van der Waals surface area contributed by atoms with Crippen LogP contribution in [0.5, 0.6) is 0 Å². The van der Waals surface area contributed by atoms with Gasteiger partial charge in [0.25, 0.3) is 0 Å². The van der Waals surface area contributed by atoms with Crippen molar-refractivity contribution in [1.29, 1.82) is 0 Å². The van der Waals surface area contributed by atoms with Gasteiger partial charge in [-0.3, -0.25) is 14.4 Å². The van der Waals surface area contributed by atoms with Crippen molar-refractivity contribution in [1.82, 2.24) is 0 Å². The molecule has 210 valence electrons. The number of carboxylic acids is 3. The van der Waals surface area contributed by atoms with E-state index in [4.69, 9.17) is 0 Å². The molecule has 0 fully saturated rings. The van der Waals surface area contributed by atoms with Gasteiger partial charge < -0.3 is 31.3 Å². The lowest BCUT2D eigenvalue weighted by Crippen LogP contribution is -2.17. The van der Waals surface area contributed by atoms with Gasteiger partial charge in [-0.1, -0.05) is 41.5 Å². The van der Waals surface area contributed by atoms with Crippen LogP contribution >= 0.6 is 0 Å². The van der Waals surface area contributed by atoms with E-state index in [0.717, 1.165) is 18.2 Å². The Morgan fingerprint density at radius 1 is 0.513 bits per heavy atom. The maximum absolute atomic E-state index is 12.5. The van der Waals surface area contributed by atoms with Gasteiger partial charge in [-0.05, 0) is 36.0 Å². The highest BCUT2D eigenvalue weighted by atomic mass is 16.4. The molecule has 1 aromatic rings. The molecule has 39 heavy (non-hydrogen) atoms. The fourth-order valence-electron chi connectivity index (χ4n) is 3.23. The first-order valence-corrected chi connectivity index (χ1v) is 11.9. The molecule has 0 saturated carbocycles. The van der Waals surface area contributed by atoms with Gasteiger partial charge >= 0.3 is 17.9 Å². The zero-order valence-corrected chi connectivity index (χ0v) is 22.5. The van der Waals surface area contributed by atoms with Crippen molar-refractivity contribution in [2.75, 3.05) is 16.0 Å². The van der Waals surface area contributed by atoms with Crippen LogP contribution in [0.1, 0.15) is 41.5 Å². The third-order valence-corrected chi connectivity index (χ3v) is 5.20. The highest BCUT2D eigenvalue weighted by Gasteiger charge is 2.17. The standard InChI is InChI=1S/C27H33N3O9/c1-13(2)19(25(34)35)10-22(31)28-16-7-17(29-23(32)11-20(14(3)4)26(36)37)9-18(8-16)30-24(33)12-21(15(5)6)27(38)39/h7-15H,1-6H3,(H,28,31)(H,29,32)(H,30,33)(H,34,35)(H,36,37)(H,38,39)/b19-10-,20-11-,21-12-. The Hall–Kier alpha value is -4.74. The van der Waals surface area contributed by atoms with Gasteiger partial charge in [-0.15, -0.1) is 0 Å². The summed E-state index contributed by atoms with van der Waals surface area (Å²) in [6, 6.07) is 3.93. The molecular formula is C27H33N3O9. The van der Waals surface area contributed by atoms with Crippen molar-refractivity contribution < 1.29 is 44.1 Å². The summed E-state index contributed by atoms with van der Waals surface area (Å²) in [4.78, 5) is 71.8. The summed E-state index contributed by atoms with van der Waals surface area (Å²) in [6.45, 7) is 9.60. The van der Waals surface area contributed by atoms with Crippen molar-refractivity contribution in [2.45, 2.75) is 41.5 Å². The predicted molar refractivity (Wildman–Crippen MR) is 144 cm³/mol. The van der Waals surface area contributed by atoms with E-state index in [-0.39, 0.29) is 33.8 Å². The smallest absolute Gasteiger partial charge is 0.332 e. The van der Waals surface area contributed by atoms with E-state index in [0.29, 0.717) is 0 Å². The second-order valence-corrected chi connectivity index (χ2v) is 9.45. The van der Waals surface area contributed by atoms with Gasteiger partial charge in [0.05, 0.1) is 0 Å². The van der Waals surface area contributed by atoms with Crippen LogP contribution in [0.4, 0.5) is 17.1 Å². The summed E-state index contributed by atoms with van der Waals surface area (Å²) >= 11 is 0. The lowest BCUT2D eigenvalue weighted by Gasteiger charge is -2.13. The zero-order valence-electron chi connectivity index (χ0n) is 22.5. The highest BCUT2D eigenvalue weighted by Crippen LogP contribution is 2.24. The highest BCUT2D eigenvalue weighted by molar-refractivity contribution is 6.08. The maximum atomic E-state index is 12.5. The zero-order chi connectivity index (χ0) is 30.0. The fraction of sp³-hybridized carbons (Fsp3) is 0.333. The number of nitrogens with one attached hydrogen (secondary N) is 3. The lowest BCUT2D eigenvalue weighted by molar-refractivity contribution is -0.134. The number of anilines is 3. The predicted octanol–water partition coefficient (Wildman–Crippen LogP) is 3.50. The van der Waals surface area contributed by atoms with Crippen LogP contribution in [0.3, 0.4) is 0 Å². The van der Waals surface area contributed by atoms with Crippen molar-refractivity contribution in [3.8, 4) is 0 Å². The summed E-state index contributed by atoms with van der Waals surface area (Å²) in [5.41, 5.74) is -0.289. The van der Waals surface area contributed by atoms with E-state index in [1.807, 2.05) is 0 Å². The van der Waals surface area contributed by atoms with E-state index >= 15 is 0 Å². The molecule has 12 nitrogen and oxygen atoms in total. The van der Waals surface area contributed by atoms with E-state index in [1.165, 1.54) is 18.2 Å². The number of carboxylic acid groups (broad SMARTS) is 3. The van der Waals surface area contributed by atoms with Crippen molar-refractivity contribution in [3.63, 3.8) is 0 Å². The summed E-state index contributed by atoms with van der Waals surface area (Å²) in [6.07, 6.45) is 2.72. The normalized spacial score (nSPS) is 12.4. The van der Waals surface area contributed by atoms with Crippen molar-refractivity contribution >= 4 is 52.7 Å². The van der Waals surface area contributed by atoms with Gasteiger partial charge in [0.15, 0.2) is 0 Å². The second kappa shape index (κ2) is 14.3. The average molecular weight is 544 g/mol. The number of carbonyl (C=O) groups is 6. The fourth-order valence-corrected chi connectivity index (χ4v) is 3.23. The first-order chi connectivity index (χ1) is 18.0. The second-order valence-electron chi connectivity index (χ2n) is 9.45. The third kappa shape index (κ3) is 10.6. The molecule has 0 aromatic heterocycles. The quantitative estimate of drug-likeness (QED) is 0.213. The number of hydrogen-bond acceptors (Lipinski definition) is 6. The summed E-state index contributed by atoms with van der Waals surface area (Å²) in [5, 5.41) is 35.3. The molecule has 0 aliphatic rings. The SMILES string of the molecule is CC(C)/C(=C/C(=O)Nc1cc(NC(=O)/C=C(\C(=O)O)C(C)C)cc(NC(=O)/C=C(\C(=O)O)C(C)C)c1)C(=O)O. The Morgan fingerprint density at radius 3 is 0.872 bits per heavy atom. The molecule has 0 radical (unpaired) electrons. The maximum Gasteiger partial charge on any atom is 0.332 e. The van der Waals surface area contributed by atoms with Crippen LogP contribution in [0, 0.1) is 17.8 Å². The third-order valence-electron chi connectivity index (χ3n) is 5.20. The Bertz CT molecular complexity index is 1090. The largest absolute Gasteiger partial charge is 0.478 e. The summed E-state index contributed by atoms with van der Waals surface area (Å²) < 4.78 is 0. The molecule has 0 unspecified atom stereocenters. The van der Waals surface area contributed by atoms with Crippen LogP contribution in [0.2, 0.25) is 0 Å². The molecule has 0 aliphatic heterocycles. The number of rotatable bonds is 12. The topological polar surface area (TPSA) is 199 Å². The molecule has 0 saturated heterocycles. The Kier molecular flexibility index (Phi) is 11.8. The van der Waals surface area contributed by atoms with E-state index in [1.54, 1.807) is 41.5 Å². The number of amides is 3. The lowest BCUT2D eigenvalue weighted by atomic mass is 10.0. The Balaban J connectivity index is 3.47. The molecule has 0 spiro atoms. The molecule has 0 aliphatic carbocycles. The number of carbonyl (C=O) groups excluding carboxylic acids is 3. The van der Waals surface area contributed by atoms with Crippen LogP contribution < -0.4 is 16.0 Å². The monoisotopic (exact) mass is 543 g/mol. The Labute approximate surface area is 225 Å². The minimum absolute atomic E-state index is 0.0513. The first kappa shape index (κ1) is 32.3. The molecule has 1 rings (SSSR count). The van der Waals surface area contributed by atoms with Crippen molar-refractivity contribution in [2.24, 2.45) is 17.8 Å². The first-order valence-electron chi connectivity index (χ1n) is 11.9. The van der Waals surface area contributed by atoms with Gasteiger partial charge in [0.2, 0.25) is 17.7 Å². The van der Waals surface area contributed by atoms with Gasteiger partial charge in [-0.25, -0.2) is 14.4 Å². The minimum atomic E-state index is -1.27. The Morgan fingerprint density at radius 2 is 0.718 bits per heavy atom. The van der Waals surface area contributed by atoms with Crippen LogP contribution in [0.25, 0.3) is 0 Å². The van der Waals surface area contributed by atoms with Crippen LogP contribution in [-0.2, 0) is 28.8 Å². The average Bonchev–Trinajstić information content (AvgIpc) is 2.78. The van der Waals surface area contributed by atoms with Gasteiger partial charge in [0.1, 0.15) is 0 Å². The molecule has 0 atom stereocenters. The molecule has 12 heteroatoms. The van der Waals surface area contributed by atoms with Gasteiger partial charge in [0, 0.05) is 52.0 Å². The molecule has 3 amide bonds. The number of benzene rings is 1. The van der Waals surface area contributed by atoms with E-state index < -0.39 is 53.4 Å². The van der Waals surface area contributed by atoms with Crippen LogP contribution in [0.15, 0.2) is 53.1 Å². The summed E-state index contributed by atoms with van der Waals surface area (Å²) in [5.74, 6) is -7.56. The van der Waals surface area contributed by atoms with Gasteiger partial charge in [-0.2, -0.15) is 0 Å². The minimum Gasteiger partial charge on any atom is -0.478 e. The molecule has 0 heterocycles.